The maximum atomic E-state index is 10.5. The van der Waals surface area contributed by atoms with E-state index in [1.165, 1.54) is 18.5 Å². The lowest BCUT2D eigenvalue weighted by Gasteiger charge is -1.93. The van der Waals surface area contributed by atoms with Crippen LogP contribution in [0, 0.1) is 10.1 Å². The number of fused-ring (bicyclic) bond motifs is 1. The molecular weight excluding hydrogens is 194 g/mol. The number of benzene rings is 1. The monoisotopic (exact) mass is 197 g/mol. The quantitative estimate of drug-likeness (QED) is 0.562. The molecule has 2 aromatic rings. The molecule has 0 spiro atoms. The van der Waals surface area contributed by atoms with Crippen LogP contribution in [0.1, 0.15) is 0 Å². The van der Waals surface area contributed by atoms with Gasteiger partial charge >= 0.3 is 0 Å². The van der Waals surface area contributed by atoms with Crippen molar-refractivity contribution in [2.45, 2.75) is 0 Å². The molecule has 5 nitrogen and oxygen atoms in total. The van der Waals surface area contributed by atoms with Crippen molar-refractivity contribution in [2.24, 2.45) is 0 Å². The Morgan fingerprint density at radius 1 is 1.54 bits per heavy atom. The molecule has 0 unspecified atom stereocenters. The predicted molar refractivity (Wildman–Crippen MR) is 47.8 cm³/mol. The number of aromatic nitrogens is 2. The second-order valence-corrected chi connectivity index (χ2v) is 2.86. The molecule has 13 heavy (non-hydrogen) atoms. The Morgan fingerprint density at radius 2 is 2.31 bits per heavy atom. The van der Waals surface area contributed by atoms with Crippen molar-refractivity contribution < 1.29 is 4.92 Å². The molecule has 2 rings (SSSR count). The van der Waals surface area contributed by atoms with Gasteiger partial charge in [0.05, 0.1) is 21.8 Å². The highest BCUT2D eigenvalue weighted by atomic mass is 35.5. The molecule has 0 aliphatic rings. The predicted octanol–water partition coefficient (Wildman–Crippen LogP) is 2.12. The summed E-state index contributed by atoms with van der Waals surface area (Å²) in [4.78, 5) is 16.6. The molecule has 6 heteroatoms. The third-order valence-corrected chi connectivity index (χ3v) is 2.02. The van der Waals surface area contributed by atoms with Gasteiger partial charge in [0.2, 0.25) is 0 Å². The summed E-state index contributed by atoms with van der Waals surface area (Å²) in [5.74, 6) is 0. The van der Waals surface area contributed by atoms with Crippen LogP contribution >= 0.6 is 11.6 Å². The van der Waals surface area contributed by atoms with Gasteiger partial charge in [0, 0.05) is 6.07 Å². The van der Waals surface area contributed by atoms with E-state index in [0.29, 0.717) is 10.5 Å². The van der Waals surface area contributed by atoms with E-state index in [-0.39, 0.29) is 11.2 Å². The van der Waals surface area contributed by atoms with E-state index in [1.54, 1.807) is 0 Å². The van der Waals surface area contributed by atoms with E-state index in [0.717, 1.165) is 0 Å². The number of nitro groups is 1. The standard InChI is InChI=1S/C7H4ClN3O2/c8-4-1-2-5(11(12)13)7-6(4)9-3-10-7/h1-3H,(H,9,10). The van der Waals surface area contributed by atoms with Gasteiger partial charge in [0.15, 0.2) is 5.52 Å². The molecule has 0 bridgehead atoms. The highest BCUT2D eigenvalue weighted by molar-refractivity contribution is 6.35. The Labute approximate surface area is 77.5 Å². The number of non-ortho nitro benzene ring substituents is 1. The Balaban J connectivity index is 2.86. The third kappa shape index (κ3) is 1.13. The Hall–Kier alpha value is -1.62. The first-order valence-electron chi connectivity index (χ1n) is 3.46. The number of rotatable bonds is 1. The Kier molecular flexibility index (Phi) is 1.66. The van der Waals surface area contributed by atoms with E-state index < -0.39 is 4.92 Å². The Bertz CT molecular complexity index is 480. The number of H-pyrrole nitrogens is 1. The minimum Gasteiger partial charge on any atom is -0.343 e. The molecule has 0 atom stereocenters. The van der Waals surface area contributed by atoms with Gasteiger partial charge in [-0.3, -0.25) is 10.1 Å². The molecule has 0 fully saturated rings. The van der Waals surface area contributed by atoms with Crippen LogP contribution < -0.4 is 0 Å². The highest BCUT2D eigenvalue weighted by Crippen LogP contribution is 2.27. The van der Waals surface area contributed by atoms with Gasteiger partial charge < -0.3 is 4.98 Å². The molecule has 0 radical (unpaired) electrons. The number of hydrogen-bond donors (Lipinski definition) is 1. The first-order chi connectivity index (χ1) is 6.20. The normalized spacial score (nSPS) is 10.5. The van der Waals surface area contributed by atoms with Crippen molar-refractivity contribution in [3.05, 3.63) is 33.6 Å². The molecule has 1 heterocycles. The number of halogens is 1. The van der Waals surface area contributed by atoms with Crippen LogP contribution in [0.15, 0.2) is 18.5 Å². The van der Waals surface area contributed by atoms with Crippen LogP contribution in [0.25, 0.3) is 11.0 Å². The summed E-state index contributed by atoms with van der Waals surface area (Å²) >= 11 is 5.78. The number of nitrogens with zero attached hydrogens (tertiary/aromatic N) is 2. The summed E-state index contributed by atoms with van der Waals surface area (Å²) in [6.45, 7) is 0. The minimum atomic E-state index is -0.487. The van der Waals surface area contributed by atoms with E-state index >= 15 is 0 Å². The largest absolute Gasteiger partial charge is 0.343 e. The molecule has 0 amide bonds. The van der Waals surface area contributed by atoms with Crippen LogP contribution in [0.3, 0.4) is 0 Å². The summed E-state index contributed by atoms with van der Waals surface area (Å²) in [6.07, 6.45) is 1.38. The summed E-state index contributed by atoms with van der Waals surface area (Å²) in [5.41, 5.74) is 0.744. The highest BCUT2D eigenvalue weighted by Gasteiger charge is 2.15. The van der Waals surface area contributed by atoms with Crippen molar-refractivity contribution in [1.82, 2.24) is 9.97 Å². The SMILES string of the molecule is O=[N+]([O-])c1ccc(Cl)c2[nH]cnc12. The second-order valence-electron chi connectivity index (χ2n) is 2.45. The third-order valence-electron chi connectivity index (χ3n) is 1.71. The van der Waals surface area contributed by atoms with Gasteiger partial charge in [-0.1, -0.05) is 11.6 Å². The first kappa shape index (κ1) is 8.00. The van der Waals surface area contributed by atoms with Gasteiger partial charge in [0.25, 0.3) is 5.69 Å². The van der Waals surface area contributed by atoms with Crippen molar-refractivity contribution in [3.8, 4) is 0 Å². The lowest BCUT2D eigenvalue weighted by atomic mass is 10.3. The number of aromatic amines is 1. The molecule has 0 aliphatic carbocycles. The second kappa shape index (κ2) is 2.70. The van der Waals surface area contributed by atoms with Crippen molar-refractivity contribution in [3.63, 3.8) is 0 Å². The van der Waals surface area contributed by atoms with Crippen LogP contribution in [0.5, 0.6) is 0 Å². The van der Waals surface area contributed by atoms with Crippen molar-refractivity contribution >= 4 is 28.3 Å². The Morgan fingerprint density at radius 3 is 3.00 bits per heavy atom. The summed E-state index contributed by atoms with van der Waals surface area (Å²) < 4.78 is 0. The number of nitro benzene ring substituents is 1. The molecular formula is C7H4ClN3O2. The van der Waals surface area contributed by atoms with Gasteiger partial charge in [-0.05, 0) is 6.07 Å². The van der Waals surface area contributed by atoms with E-state index in [1.807, 2.05) is 0 Å². The van der Waals surface area contributed by atoms with Crippen LogP contribution in [-0.4, -0.2) is 14.9 Å². The maximum absolute atomic E-state index is 10.5. The summed E-state index contributed by atoms with van der Waals surface area (Å²) in [7, 11) is 0. The van der Waals surface area contributed by atoms with E-state index in [2.05, 4.69) is 9.97 Å². The van der Waals surface area contributed by atoms with E-state index in [9.17, 15) is 10.1 Å². The lowest BCUT2D eigenvalue weighted by Crippen LogP contribution is -1.89. The molecule has 66 valence electrons. The van der Waals surface area contributed by atoms with Crippen LogP contribution in [-0.2, 0) is 0 Å². The molecule has 1 N–H and O–H groups in total. The lowest BCUT2D eigenvalue weighted by molar-refractivity contribution is -0.383. The first-order valence-corrected chi connectivity index (χ1v) is 3.84. The maximum Gasteiger partial charge on any atom is 0.297 e. The molecule has 0 saturated heterocycles. The number of imidazole rings is 1. The van der Waals surface area contributed by atoms with Gasteiger partial charge in [-0.2, -0.15) is 0 Å². The van der Waals surface area contributed by atoms with Crippen LogP contribution in [0.2, 0.25) is 5.02 Å². The fourth-order valence-corrected chi connectivity index (χ4v) is 1.34. The zero-order chi connectivity index (χ0) is 9.42. The van der Waals surface area contributed by atoms with Gasteiger partial charge in [-0.25, -0.2) is 4.98 Å². The molecule has 1 aromatic heterocycles. The summed E-state index contributed by atoms with van der Waals surface area (Å²) in [5, 5.41) is 11.0. The molecule has 0 saturated carbocycles. The molecule has 1 aromatic carbocycles. The summed E-state index contributed by atoms with van der Waals surface area (Å²) in [6, 6.07) is 2.81. The van der Waals surface area contributed by atoms with Gasteiger partial charge in [0.1, 0.15) is 0 Å². The average Bonchev–Trinajstić information content (AvgIpc) is 2.53. The smallest absolute Gasteiger partial charge is 0.297 e. The van der Waals surface area contributed by atoms with Crippen molar-refractivity contribution in [2.75, 3.05) is 0 Å². The average molecular weight is 198 g/mol. The van der Waals surface area contributed by atoms with E-state index in [4.69, 9.17) is 11.6 Å². The molecule has 0 aliphatic heterocycles. The zero-order valence-electron chi connectivity index (χ0n) is 6.32. The number of nitrogens with one attached hydrogen (secondary N) is 1. The van der Waals surface area contributed by atoms with Crippen molar-refractivity contribution in [1.29, 1.82) is 0 Å². The minimum absolute atomic E-state index is 0.0411. The topological polar surface area (TPSA) is 71.8 Å². The number of hydrogen-bond acceptors (Lipinski definition) is 3. The van der Waals surface area contributed by atoms with Gasteiger partial charge in [-0.15, -0.1) is 0 Å². The zero-order valence-corrected chi connectivity index (χ0v) is 7.08. The fourth-order valence-electron chi connectivity index (χ4n) is 1.13. The van der Waals surface area contributed by atoms with Crippen LogP contribution in [0.4, 0.5) is 5.69 Å². The fraction of sp³-hybridized carbons (Fsp3) is 0.